The summed E-state index contributed by atoms with van der Waals surface area (Å²) in [7, 11) is 1.31. The van der Waals surface area contributed by atoms with E-state index >= 15 is 0 Å². The molecule has 0 atom stereocenters. The van der Waals surface area contributed by atoms with E-state index in [0.29, 0.717) is 15.4 Å². The number of hydrogen-bond donors (Lipinski definition) is 2. The lowest BCUT2D eigenvalue weighted by Gasteiger charge is -2.31. The van der Waals surface area contributed by atoms with Gasteiger partial charge in [0.15, 0.2) is 0 Å². The third-order valence-electron chi connectivity index (χ3n) is 3.24. The summed E-state index contributed by atoms with van der Waals surface area (Å²) in [4.78, 5) is 14.2. The number of esters is 1. The summed E-state index contributed by atoms with van der Waals surface area (Å²) in [5.41, 5.74) is 12.2. The summed E-state index contributed by atoms with van der Waals surface area (Å²) < 4.78 is 4.75. The second kappa shape index (κ2) is 5.47. The maximum absolute atomic E-state index is 11.8. The van der Waals surface area contributed by atoms with Crippen molar-refractivity contribution >= 4 is 28.0 Å². The first-order chi connectivity index (χ1) is 9.08. The van der Waals surface area contributed by atoms with Crippen LogP contribution in [0.5, 0.6) is 0 Å². The van der Waals surface area contributed by atoms with Crippen molar-refractivity contribution in [3.63, 3.8) is 0 Å². The topological polar surface area (TPSA) is 105 Å². The van der Waals surface area contributed by atoms with Gasteiger partial charge in [0.05, 0.1) is 12.8 Å². The van der Waals surface area contributed by atoms with Crippen molar-refractivity contribution in [3.8, 4) is 6.07 Å². The molecule has 0 unspecified atom stereocenters. The van der Waals surface area contributed by atoms with Crippen LogP contribution in [0.1, 0.15) is 28.1 Å². The molecule has 7 heteroatoms. The minimum Gasteiger partial charge on any atom is -0.465 e. The van der Waals surface area contributed by atoms with Gasteiger partial charge in [0.2, 0.25) is 0 Å². The molecule has 1 aliphatic heterocycles. The van der Waals surface area contributed by atoms with Crippen molar-refractivity contribution in [2.75, 3.05) is 30.8 Å². The van der Waals surface area contributed by atoms with E-state index in [4.69, 9.17) is 21.5 Å². The Labute approximate surface area is 115 Å². The molecule has 0 saturated carbocycles. The Bertz CT molecular complexity index is 527. The Hall–Kier alpha value is -1.78. The molecule has 4 N–H and O–H groups in total. The number of hydrogen-bond acceptors (Lipinski definition) is 7. The zero-order valence-corrected chi connectivity index (χ0v) is 11.5. The maximum Gasteiger partial charge on any atom is 0.343 e. The molecular formula is C12H16N4O2S. The highest BCUT2D eigenvalue weighted by molar-refractivity contribution is 7.17. The Kier molecular flexibility index (Phi) is 3.93. The number of rotatable bonds is 2. The van der Waals surface area contributed by atoms with Gasteiger partial charge in [-0.25, -0.2) is 4.79 Å². The highest BCUT2D eigenvalue weighted by atomic mass is 32.1. The third kappa shape index (κ3) is 2.50. The average Bonchev–Trinajstić information content (AvgIpc) is 2.75. The molecule has 19 heavy (non-hydrogen) atoms. The predicted molar refractivity (Wildman–Crippen MR) is 74.2 cm³/mol. The number of ether oxygens (including phenoxy) is 1. The predicted octanol–water partition coefficient (Wildman–Crippen LogP) is 0.916. The zero-order chi connectivity index (χ0) is 14.0. The highest BCUT2D eigenvalue weighted by Gasteiger charge is 2.28. The van der Waals surface area contributed by atoms with Crippen LogP contribution in [0, 0.1) is 11.3 Å². The van der Waals surface area contributed by atoms with Crippen LogP contribution in [0.15, 0.2) is 0 Å². The van der Waals surface area contributed by atoms with Crippen molar-refractivity contribution in [3.05, 3.63) is 10.4 Å². The first-order valence-corrected chi connectivity index (χ1v) is 6.81. The second-order valence-corrected chi connectivity index (χ2v) is 5.45. The van der Waals surface area contributed by atoms with E-state index in [0.717, 1.165) is 25.9 Å². The molecule has 102 valence electrons. The van der Waals surface area contributed by atoms with E-state index in [2.05, 4.69) is 4.90 Å². The molecule has 0 amide bonds. The average molecular weight is 280 g/mol. The van der Waals surface area contributed by atoms with Gasteiger partial charge in [-0.1, -0.05) is 0 Å². The summed E-state index contributed by atoms with van der Waals surface area (Å²) >= 11 is 1.24. The summed E-state index contributed by atoms with van der Waals surface area (Å²) in [5, 5.41) is 9.76. The van der Waals surface area contributed by atoms with Crippen LogP contribution in [0.3, 0.4) is 0 Å². The monoisotopic (exact) mass is 280 g/mol. The molecule has 1 aromatic rings. The summed E-state index contributed by atoms with van der Waals surface area (Å²) in [6, 6.07) is 2.22. The number of nitriles is 1. The van der Waals surface area contributed by atoms with Gasteiger partial charge in [-0.15, -0.1) is 11.3 Å². The normalized spacial score (nSPS) is 16.2. The minimum absolute atomic E-state index is 0.200. The molecule has 1 aliphatic rings. The lowest BCUT2D eigenvalue weighted by molar-refractivity contribution is 0.0603. The molecule has 6 nitrogen and oxygen atoms in total. The molecule has 0 radical (unpaired) electrons. The minimum atomic E-state index is -0.500. The lowest BCUT2D eigenvalue weighted by atomic mass is 10.1. The van der Waals surface area contributed by atoms with Crippen molar-refractivity contribution in [2.24, 2.45) is 5.73 Å². The van der Waals surface area contributed by atoms with Crippen molar-refractivity contribution in [2.45, 2.75) is 18.9 Å². The van der Waals surface area contributed by atoms with Gasteiger partial charge >= 0.3 is 5.97 Å². The quantitative estimate of drug-likeness (QED) is 0.780. The van der Waals surface area contributed by atoms with Crippen LogP contribution in [-0.2, 0) is 4.74 Å². The number of carbonyl (C=O) groups excluding carboxylic acids is 1. The van der Waals surface area contributed by atoms with E-state index < -0.39 is 5.97 Å². The van der Waals surface area contributed by atoms with Crippen LogP contribution in [0.25, 0.3) is 0 Å². The molecule has 0 spiro atoms. The molecule has 1 aromatic heterocycles. The number of thiophene rings is 1. The van der Waals surface area contributed by atoms with Gasteiger partial charge in [-0.05, 0) is 12.8 Å². The maximum atomic E-state index is 11.8. The van der Waals surface area contributed by atoms with Gasteiger partial charge in [-0.3, -0.25) is 0 Å². The molecular weight excluding hydrogens is 264 g/mol. The number of carbonyl (C=O) groups is 1. The molecule has 0 bridgehead atoms. The smallest absolute Gasteiger partial charge is 0.343 e. The highest BCUT2D eigenvalue weighted by Crippen LogP contribution is 2.39. The SMILES string of the molecule is COC(=O)c1c(N2CCC(N)CC2)sc(C#N)c1N. The van der Waals surface area contributed by atoms with Gasteiger partial charge in [0.1, 0.15) is 21.5 Å². The number of anilines is 2. The van der Waals surface area contributed by atoms with Crippen LogP contribution in [-0.4, -0.2) is 32.2 Å². The van der Waals surface area contributed by atoms with Crippen LogP contribution in [0.2, 0.25) is 0 Å². The number of methoxy groups -OCH3 is 1. The third-order valence-corrected chi connectivity index (χ3v) is 4.42. The Balaban J connectivity index is 2.39. The number of nitrogens with two attached hydrogens (primary N) is 2. The van der Waals surface area contributed by atoms with Crippen LogP contribution in [0.4, 0.5) is 10.7 Å². The fourth-order valence-electron chi connectivity index (χ4n) is 2.14. The second-order valence-electron chi connectivity index (χ2n) is 4.45. The Morgan fingerprint density at radius 2 is 2.16 bits per heavy atom. The van der Waals surface area contributed by atoms with Gasteiger partial charge in [0, 0.05) is 19.1 Å². The van der Waals surface area contributed by atoms with E-state index in [1.165, 1.54) is 18.4 Å². The number of nitrogen functional groups attached to an aromatic ring is 1. The molecule has 2 rings (SSSR count). The molecule has 2 heterocycles. The Morgan fingerprint density at radius 3 is 2.68 bits per heavy atom. The zero-order valence-electron chi connectivity index (χ0n) is 10.7. The molecule has 1 fully saturated rings. The van der Waals surface area contributed by atoms with Crippen molar-refractivity contribution < 1.29 is 9.53 Å². The number of piperidine rings is 1. The summed E-state index contributed by atoms with van der Waals surface area (Å²) in [6.45, 7) is 1.52. The molecule has 0 aliphatic carbocycles. The largest absolute Gasteiger partial charge is 0.465 e. The van der Waals surface area contributed by atoms with E-state index in [-0.39, 0.29) is 11.7 Å². The van der Waals surface area contributed by atoms with Crippen molar-refractivity contribution in [1.82, 2.24) is 0 Å². The van der Waals surface area contributed by atoms with Gasteiger partial charge in [0.25, 0.3) is 0 Å². The standard InChI is InChI=1S/C12H16N4O2S/c1-18-12(17)9-10(15)8(6-13)19-11(9)16-4-2-7(14)3-5-16/h7H,2-5,14-15H2,1H3. The van der Waals surface area contributed by atoms with Gasteiger partial charge < -0.3 is 21.1 Å². The fraction of sp³-hybridized carbons (Fsp3) is 0.500. The van der Waals surface area contributed by atoms with Crippen molar-refractivity contribution in [1.29, 1.82) is 5.26 Å². The van der Waals surface area contributed by atoms with Crippen LogP contribution >= 0.6 is 11.3 Å². The molecule has 1 saturated heterocycles. The lowest BCUT2D eigenvalue weighted by Crippen LogP contribution is -2.39. The fourth-order valence-corrected chi connectivity index (χ4v) is 3.20. The summed E-state index contributed by atoms with van der Waals surface area (Å²) in [5.74, 6) is -0.500. The van der Waals surface area contributed by atoms with E-state index in [1.54, 1.807) is 0 Å². The van der Waals surface area contributed by atoms with Crippen LogP contribution < -0.4 is 16.4 Å². The number of nitrogens with zero attached hydrogens (tertiary/aromatic N) is 2. The van der Waals surface area contributed by atoms with E-state index in [9.17, 15) is 4.79 Å². The first kappa shape index (κ1) is 13.6. The van der Waals surface area contributed by atoms with Gasteiger partial charge in [-0.2, -0.15) is 5.26 Å². The molecule has 0 aromatic carbocycles. The van der Waals surface area contributed by atoms with E-state index in [1.807, 2.05) is 6.07 Å². The Morgan fingerprint density at radius 1 is 1.53 bits per heavy atom. The first-order valence-electron chi connectivity index (χ1n) is 5.99. The summed E-state index contributed by atoms with van der Waals surface area (Å²) in [6.07, 6.45) is 1.72.